The molecule has 0 amide bonds. The first-order valence-corrected chi connectivity index (χ1v) is 8.08. The number of hydrogen-bond acceptors (Lipinski definition) is 3. The first kappa shape index (κ1) is 15.9. The van der Waals surface area contributed by atoms with Crippen LogP contribution in [0.1, 0.15) is 16.7 Å². The minimum absolute atomic E-state index is 0.384. The summed E-state index contributed by atoms with van der Waals surface area (Å²) in [6, 6.07) is 14.3. The monoisotopic (exact) mass is 302 g/mol. The van der Waals surface area contributed by atoms with E-state index < -0.39 is 0 Å². The molecule has 1 unspecified atom stereocenters. The number of aryl methyl sites for hydroxylation is 2. The van der Waals surface area contributed by atoms with Gasteiger partial charge in [-0.25, -0.2) is 0 Å². The van der Waals surface area contributed by atoms with Gasteiger partial charge in [0.05, 0.1) is 13.2 Å². The lowest BCUT2D eigenvalue weighted by molar-refractivity contribution is 0.198. The number of rotatable bonds is 6. The fraction of sp³-hybridized carbons (Fsp3) is 0.333. The summed E-state index contributed by atoms with van der Waals surface area (Å²) in [6.07, 6.45) is 0.231. The molecule has 2 rings (SSSR count). The number of methoxy groups -OCH3 is 1. The molecule has 0 heterocycles. The Bertz CT molecular complexity index is 596. The van der Waals surface area contributed by atoms with Crippen LogP contribution in [-0.4, -0.2) is 24.1 Å². The Morgan fingerprint density at radius 3 is 2.62 bits per heavy atom. The number of thioether (sulfide) groups is 1. The maximum Gasteiger partial charge on any atom is 0.122 e. The van der Waals surface area contributed by atoms with Crippen molar-refractivity contribution in [2.45, 2.75) is 31.3 Å². The van der Waals surface area contributed by atoms with Gasteiger partial charge in [0, 0.05) is 17.1 Å². The summed E-state index contributed by atoms with van der Waals surface area (Å²) in [5.74, 6) is 1.53. The molecule has 0 bridgehead atoms. The quantitative estimate of drug-likeness (QED) is 0.818. The summed E-state index contributed by atoms with van der Waals surface area (Å²) in [5.41, 5.74) is 3.50. The molecule has 1 N–H and O–H groups in total. The fourth-order valence-electron chi connectivity index (χ4n) is 2.28. The molecule has 1 atom stereocenters. The first-order chi connectivity index (χ1) is 10.1. The molecule has 0 saturated carbocycles. The fourth-order valence-corrected chi connectivity index (χ4v) is 3.24. The molecule has 2 aromatic rings. The first-order valence-electron chi connectivity index (χ1n) is 7.10. The molecular formula is C18H22O2S. The lowest BCUT2D eigenvalue weighted by Gasteiger charge is -2.14. The van der Waals surface area contributed by atoms with Crippen LogP contribution in [0.25, 0.3) is 0 Å². The topological polar surface area (TPSA) is 29.5 Å². The Balaban J connectivity index is 1.97. The van der Waals surface area contributed by atoms with Gasteiger partial charge in [-0.15, -0.1) is 11.8 Å². The highest BCUT2D eigenvalue weighted by Gasteiger charge is 2.11. The molecule has 0 saturated heterocycles. The third-order valence-corrected chi connectivity index (χ3v) is 4.74. The van der Waals surface area contributed by atoms with Gasteiger partial charge >= 0.3 is 0 Å². The maximum atomic E-state index is 10.3. The molecule has 0 spiro atoms. The Labute approximate surface area is 131 Å². The second kappa shape index (κ2) is 7.53. The van der Waals surface area contributed by atoms with Crippen molar-refractivity contribution in [3.63, 3.8) is 0 Å². The van der Waals surface area contributed by atoms with E-state index in [0.29, 0.717) is 12.2 Å². The van der Waals surface area contributed by atoms with Crippen LogP contribution in [0.2, 0.25) is 0 Å². The second-order valence-electron chi connectivity index (χ2n) is 5.25. The van der Waals surface area contributed by atoms with Crippen molar-refractivity contribution in [1.82, 2.24) is 0 Å². The molecule has 112 valence electrons. The molecular weight excluding hydrogens is 280 g/mol. The van der Waals surface area contributed by atoms with Crippen molar-refractivity contribution in [3.05, 3.63) is 59.2 Å². The Hall–Kier alpha value is -1.45. The number of hydrogen-bond donors (Lipinski definition) is 1. The molecule has 2 aromatic carbocycles. The summed E-state index contributed by atoms with van der Waals surface area (Å²) in [7, 11) is 1.67. The molecule has 0 aromatic heterocycles. The number of ether oxygens (including phenoxy) is 1. The van der Waals surface area contributed by atoms with Crippen LogP contribution in [-0.2, 0) is 6.42 Å². The van der Waals surface area contributed by atoms with Gasteiger partial charge in [-0.1, -0.05) is 35.9 Å². The van der Waals surface area contributed by atoms with Gasteiger partial charge in [0.25, 0.3) is 0 Å². The summed E-state index contributed by atoms with van der Waals surface area (Å²) < 4.78 is 5.37. The Kier molecular flexibility index (Phi) is 5.71. The minimum atomic E-state index is -0.384. The molecule has 0 aliphatic rings. The van der Waals surface area contributed by atoms with E-state index >= 15 is 0 Å². The van der Waals surface area contributed by atoms with E-state index in [-0.39, 0.29) is 6.10 Å². The normalized spacial score (nSPS) is 12.2. The molecule has 0 aliphatic carbocycles. The van der Waals surface area contributed by atoms with E-state index in [1.807, 2.05) is 24.3 Å². The smallest absolute Gasteiger partial charge is 0.122 e. The summed E-state index contributed by atoms with van der Waals surface area (Å²) in [4.78, 5) is 1.23. The van der Waals surface area contributed by atoms with Crippen LogP contribution >= 0.6 is 11.8 Å². The summed E-state index contributed by atoms with van der Waals surface area (Å²) in [6.45, 7) is 4.15. The molecule has 0 aliphatic heterocycles. The molecule has 3 heteroatoms. The van der Waals surface area contributed by atoms with Gasteiger partial charge in [-0.05, 0) is 37.1 Å². The summed E-state index contributed by atoms with van der Waals surface area (Å²) in [5, 5.41) is 10.3. The van der Waals surface area contributed by atoms with Gasteiger partial charge in [-0.3, -0.25) is 0 Å². The van der Waals surface area contributed by atoms with Gasteiger partial charge < -0.3 is 9.84 Å². The zero-order chi connectivity index (χ0) is 15.2. The highest BCUT2D eigenvalue weighted by Crippen LogP contribution is 2.25. The van der Waals surface area contributed by atoms with Crippen molar-refractivity contribution in [2.24, 2.45) is 0 Å². The SMILES string of the molecule is COc1ccc(C)cc1CC(O)CSc1ccccc1C. The molecule has 2 nitrogen and oxygen atoms in total. The van der Waals surface area contributed by atoms with E-state index in [1.54, 1.807) is 18.9 Å². The molecule has 0 radical (unpaired) electrons. The van der Waals surface area contributed by atoms with Crippen molar-refractivity contribution in [1.29, 1.82) is 0 Å². The standard InChI is InChI=1S/C18H22O2S/c1-13-8-9-17(20-3)15(10-13)11-16(19)12-21-18-7-5-4-6-14(18)2/h4-10,16,19H,11-12H2,1-3H3. The Morgan fingerprint density at radius 2 is 1.90 bits per heavy atom. The van der Waals surface area contributed by atoms with E-state index in [0.717, 1.165) is 11.3 Å². The van der Waals surface area contributed by atoms with Crippen LogP contribution < -0.4 is 4.74 Å². The van der Waals surface area contributed by atoms with Gasteiger partial charge in [-0.2, -0.15) is 0 Å². The maximum absolute atomic E-state index is 10.3. The lowest BCUT2D eigenvalue weighted by atomic mass is 10.0. The predicted octanol–water partition coefficient (Wildman–Crippen LogP) is 4.01. The highest BCUT2D eigenvalue weighted by molar-refractivity contribution is 7.99. The zero-order valence-electron chi connectivity index (χ0n) is 12.8. The van der Waals surface area contributed by atoms with E-state index in [2.05, 4.69) is 32.0 Å². The largest absolute Gasteiger partial charge is 0.496 e. The predicted molar refractivity (Wildman–Crippen MR) is 89.3 cm³/mol. The van der Waals surface area contributed by atoms with Crippen LogP contribution in [0.5, 0.6) is 5.75 Å². The summed E-state index contributed by atoms with van der Waals surface area (Å²) >= 11 is 1.70. The van der Waals surface area contributed by atoms with Gasteiger partial charge in [0.2, 0.25) is 0 Å². The average molecular weight is 302 g/mol. The highest BCUT2D eigenvalue weighted by atomic mass is 32.2. The molecule has 21 heavy (non-hydrogen) atoms. The average Bonchev–Trinajstić information content (AvgIpc) is 2.47. The van der Waals surface area contributed by atoms with Crippen molar-refractivity contribution in [3.8, 4) is 5.75 Å². The van der Waals surface area contributed by atoms with E-state index in [1.165, 1.54) is 16.0 Å². The van der Waals surface area contributed by atoms with Crippen molar-refractivity contribution in [2.75, 3.05) is 12.9 Å². The van der Waals surface area contributed by atoms with Gasteiger partial charge in [0.1, 0.15) is 5.75 Å². The minimum Gasteiger partial charge on any atom is -0.496 e. The third kappa shape index (κ3) is 4.51. The van der Waals surface area contributed by atoms with Gasteiger partial charge in [0.15, 0.2) is 0 Å². The number of aliphatic hydroxyl groups excluding tert-OH is 1. The van der Waals surface area contributed by atoms with Crippen LogP contribution in [0.15, 0.2) is 47.4 Å². The van der Waals surface area contributed by atoms with Crippen molar-refractivity contribution < 1.29 is 9.84 Å². The zero-order valence-corrected chi connectivity index (χ0v) is 13.6. The lowest BCUT2D eigenvalue weighted by Crippen LogP contribution is -2.14. The Morgan fingerprint density at radius 1 is 1.14 bits per heavy atom. The second-order valence-corrected chi connectivity index (χ2v) is 6.31. The van der Waals surface area contributed by atoms with Crippen molar-refractivity contribution >= 4 is 11.8 Å². The van der Waals surface area contributed by atoms with Crippen LogP contribution in [0, 0.1) is 13.8 Å². The number of aliphatic hydroxyl groups is 1. The van der Waals surface area contributed by atoms with E-state index in [4.69, 9.17) is 4.74 Å². The molecule has 0 fully saturated rings. The number of benzene rings is 2. The van der Waals surface area contributed by atoms with Crippen LogP contribution in [0.3, 0.4) is 0 Å². The van der Waals surface area contributed by atoms with E-state index in [9.17, 15) is 5.11 Å². The van der Waals surface area contributed by atoms with Crippen LogP contribution in [0.4, 0.5) is 0 Å². The third-order valence-electron chi connectivity index (χ3n) is 3.42.